The van der Waals surface area contributed by atoms with Gasteiger partial charge in [0.2, 0.25) is 0 Å². The largest absolute Gasteiger partial charge is 2.00 e. The van der Waals surface area contributed by atoms with Crippen molar-refractivity contribution in [3.05, 3.63) is 57.6 Å². The summed E-state index contributed by atoms with van der Waals surface area (Å²) in [6.07, 6.45) is 0. The predicted octanol–water partition coefficient (Wildman–Crippen LogP) is 3.32. The molecule has 2 aromatic rings. The van der Waals surface area contributed by atoms with Crippen LogP contribution < -0.4 is 0 Å². The molecule has 132 valence electrons. The smallest absolute Gasteiger partial charge is 0.768 e. The molecule has 0 aliphatic rings. The van der Waals surface area contributed by atoms with Crippen molar-refractivity contribution in [3.8, 4) is 0 Å². The number of benzene rings is 2. The van der Waals surface area contributed by atoms with E-state index in [0.717, 1.165) is 33.4 Å². The van der Waals surface area contributed by atoms with Gasteiger partial charge >= 0.3 is 23.1 Å². The van der Waals surface area contributed by atoms with Gasteiger partial charge in [-0.25, -0.2) is 0 Å². The van der Waals surface area contributed by atoms with Crippen molar-refractivity contribution in [2.24, 2.45) is 0 Å². The van der Waals surface area contributed by atoms with Gasteiger partial charge in [0.25, 0.3) is 0 Å². The SMILES string of the molecule is Cc1cc(C)c(S(=O)[O-])c(C)c1.Cc1cc(C)c(S(=O)[O-])c(C)c1.[Mg+2]. The van der Waals surface area contributed by atoms with Crippen LogP contribution in [0.25, 0.3) is 0 Å². The molecule has 0 heterocycles. The third-order valence-electron chi connectivity index (χ3n) is 3.54. The fourth-order valence-corrected chi connectivity index (χ4v) is 4.15. The first kappa shape index (κ1) is 24.4. The Morgan fingerprint density at radius 2 is 0.800 bits per heavy atom. The summed E-state index contributed by atoms with van der Waals surface area (Å²) in [6, 6.07) is 7.49. The molecule has 0 spiro atoms. The van der Waals surface area contributed by atoms with Gasteiger partial charge in [-0.3, -0.25) is 8.42 Å². The Bertz CT molecular complexity index is 690. The molecule has 0 amide bonds. The van der Waals surface area contributed by atoms with Crippen LogP contribution in [-0.4, -0.2) is 40.6 Å². The summed E-state index contributed by atoms with van der Waals surface area (Å²) in [6.45, 7) is 11.2. The maximum Gasteiger partial charge on any atom is 2.00 e. The Labute approximate surface area is 171 Å². The molecule has 2 atom stereocenters. The molecule has 2 rings (SSSR count). The summed E-state index contributed by atoms with van der Waals surface area (Å²) in [4.78, 5) is 0.862. The standard InChI is InChI=1S/2C9H12O2S.Mg/c2*1-6-4-7(2)9(12(10)11)8(3)5-6;/h2*4-5H,1-3H3,(H,10,11);/q;;+2/p-2. The molecule has 7 heteroatoms. The summed E-state index contributed by atoms with van der Waals surface area (Å²) in [5.41, 5.74) is 5.47. The minimum Gasteiger partial charge on any atom is -0.768 e. The molecule has 25 heavy (non-hydrogen) atoms. The first-order chi connectivity index (χ1) is 11.0. The molecule has 0 aliphatic heterocycles. The fraction of sp³-hybridized carbons (Fsp3) is 0.333. The molecule has 0 aromatic heterocycles. The normalized spacial score (nSPS) is 12.5. The predicted molar refractivity (Wildman–Crippen MR) is 101 cm³/mol. The second kappa shape index (κ2) is 10.5. The molecule has 0 aliphatic carbocycles. The minimum absolute atomic E-state index is 0. The van der Waals surface area contributed by atoms with E-state index in [9.17, 15) is 17.5 Å². The van der Waals surface area contributed by atoms with Gasteiger partial charge in [-0.1, -0.05) is 35.4 Å². The van der Waals surface area contributed by atoms with E-state index < -0.39 is 22.2 Å². The van der Waals surface area contributed by atoms with E-state index in [0.29, 0.717) is 9.79 Å². The van der Waals surface area contributed by atoms with Crippen LogP contribution in [0.2, 0.25) is 0 Å². The summed E-state index contributed by atoms with van der Waals surface area (Å²) >= 11 is -4.22. The first-order valence-corrected chi connectivity index (χ1v) is 9.53. The number of hydrogen-bond acceptors (Lipinski definition) is 4. The van der Waals surface area contributed by atoms with E-state index in [1.807, 2.05) is 65.8 Å². The van der Waals surface area contributed by atoms with E-state index >= 15 is 0 Å². The van der Waals surface area contributed by atoms with Crippen LogP contribution in [0, 0.1) is 41.5 Å². The molecule has 0 saturated carbocycles. The molecule has 2 unspecified atom stereocenters. The molecule has 0 saturated heterocycles. The maximum absolute atomic E-state index is 10.8. The van der Waals surface area contributed by atoms with E-state index in [1.54, 1.807) is 0 Å². The molecule has 0 N–H and O–H groups in total. The van der Waals surface area contributed by atoms with Gasteiger partial charge in [-0.2, -0.15) is 0 Å². The van der Waals surface area contributed by atoms with Crippen LogP contribution in [0.3, 0.4) is 0 Å². The molecule has 2 aromatic carbocycles. The van der Waals surface area contributed by atoms with Crippen molar-refractivity contribution in [1.82, 2.24) is 0 Å². The first-order valence-electron chi connectivity index (χ1n) is 7.38. The van der Waals surface area contributed by atoms with E-state index in [-0.39, 0.29) is 23.1 Å². The zero-order valence-electron chi connectivity index (χ0n) is 15.5. The third-order valence-corrected chi connectivity index (χ3v) is 5.50. The fourth-order valence-electron chi connectivity index (χ4n) is 2.86. The number of hydrogen-bond donors (Lipinski definition) is 0. The second-order valence-corrected chi connectivity index (χ2v) is 7.68. The quantitative estimate of drug-likeness (QED) is 0.582. The second-order valence-electron chi connectivity index (χ2n) is 5.93. The van der Waals surface area contributed by atoms with Crippen LogP contribution in [-0.2, 0) is 22.2 Å². The average molecular weight is 391 g/mol. The van der Waals surface area contributed by atoms with Crippen molar-refractivity contribution in [2.45, 2.75) is 51.3 Å². The zero-order chi connectivity index (χ0) is 18.6. The van der Waals surface area contributed by atoms with E-state index in [4.69, 9.17) is 0 Å². The molecule has 0 fully saturated rings. The summed E-state index contributed by atoms with van der Waals surface area (Å²) in [5.74, 6) is 0. The summed E-state index contributed by atoms with van der Waals surface area (Å²) in [5, 5.41) is 0. The number of rotatable bonds is 2. The summed E-state index contributed by atoms with van der Waals surface area (Å²) < 4.78 is 43.0. The molecule has 4 nitrogen and oxygen atoms in total. The van der Waals surface area contributed by atoms with Crippen LogP contribution in [0.1, 0.15) is 33.4 Å². The Balaban J connectivity index is 0.000000443. The summed E-state index contributed by atoms with van der Waals surface area (Å²) in [7, 11) is 0. The topological polar surface area (TPSA) is 80.3 Å². The van der Waals surface area contributed by atoms with Crippen molar-refractivity contribution in [3.63, 3.8) is 0 Å². The van der Waals surface area contributed by atoms with Crippen LogP contribution in [0.15, 0.2) is 34.1 Å². The Hall–Kier alpha value is -0.574. The van der Waals surface area contributed by atoms with Gasteiger partial charge < -0.3 is 9.11 Å². The van der Waals surface area contributed by atoms with Gasteiger partial charge in [0, 0.05) is 9.79 Å². The zero-order valence-corrected chi connectivity index (χ0v) is 18.5. The van der Waals surface area contributed by atoms with Gasteiger partial charge in [-0.05, 0) is 86.0 Å². The number of aryl methyl sites for hydroxylation is 6. The van der Waals surface area contributed by atoms with Crippen molar-refractivity contribution in [2.75, 3.05) is 0 Å². The molecule has 0 radical (unpaired) electrons. The van der Waals surface area contributed by atoms with Crippen LogP contribution in [0.4, 0.5) is 0 Å². The third kappa shape index (κ3) is 6.92. The van der Waals surface area contributed by atoms with Crippen molar-refractivity contribution in [1.29, 1.82) is 0 Å². The van der Waals surface area contributed by atoms with Crippen molar-refractivity contribution < 1.29 is 17.5 Å². The Kier molecular flexibility index (Phi) is 10.3. The van der Waals surface area contributed by atoms with Gasteiger partial charge in [-0.15, -0.1) is 0 Å². The monoisotopic (exact) mass is 390 g/mol. The maximum atomic E-state index is 10.8. The van der Waals surface area contributed by atoms with Crippen molar-refractivity contribution >= 4 is 45.2 Å². The van der Waals surface area contributed by atoms with Crippen LogP contribution in [0.5, 0.6) is 0 Å². The minimum atomic E-state index is -2.11. The molecule has 0 bridgehead atoms. The van der Waals surface area contributed by atoms with Gasteiger partial charge in [0.05, 0.1) is 0 Å². The molecular formula is C18H22MgO4S2. The Morgan fingerprint density at radius 3 is 0.960 bits per heavy atom. The van der Waals surface area contributed by atoms with Gasteiger partial charge in [0.15, 0.2) is 0 Å². The average Bonchev–Trinajstić information content (AvgIpc) is 2.35. The van der Waals surface area contributed by atoms with Crippen LogP contribution >= 0.6 is 0 Å². The Morgan fingerprint density at radius 1 is 0.600 bits per heavy atom. The molecular weight excluding hydrogens is 369 g/mol. The van der Waals surface area contributed by atoms with E-state index in [1.165, 1.54) is 0 Å². The van der Waals surface area contributed by atoms with Gasteiger partial charge in [0.1, 0.15) is 0 Å². The van der Waals surface area contributed by atoms with E-state index in [2.05, 4.69) is 0 Å².